The number of hydrogen-bond acceptors (Lipinski definition) is 3. The number of rotatable bonds is 5. The van der Waals surface area contributed by atoms with E-state index in [2.05, 4.69) is 21.2 Å². The molecular weight excluding hydrogens is 348 g/mol. The minimum Gasteiger partial charge on any atom is -0.399 e. The number of thioether (sulfide) groups is 1. The standard InChI is InChI=1S/C16H17BrN2OS/c1-2-15(21-14-9-5-12(18)6-10-14)16(20)19-13-7-3-11(17)4-8-13/h3-10,15H,2,18H2,1H3,(H,19,20). The lowest BCUT2D eigenvalue weighted by Crippen LogP contribution is -2.24. The second-order valence-corrected chi connectivity index (χ2v) is 6.77. The van der Waals surface area contributed by atoms with Crippen LogP contribution in [-0.2, 0) is 4.79 Å². The Morgan fingerprint density at radius 1 is 1.19 bits per heavy atom. The first-order valence-corrected chi connectivity index (χ1v) is 8.34. The molecule has 0 spiro atoms. The van der Waals surface area contributed by atoms with Gasteiger partial charge in [0.2, 0.25) is 5.91 Å². The Morgan fingerprint density at radius 2 is 1.81 bits per heavy atom. The van der Waals surface area contributed by atoms with Crippen molar-refractivity contribution in [1.82, 2.24) is 0 Å². The van der Waals surface area contributed by atoms with Gasteiger partial charge in [0.15, 0.2) is 0 Å². The molecule has 0 heterocycles. The molecule has 0 fully saturated rings. The lowest BCUT2D eigenvalue weighted by atomic mass is 10.3. The van der Waals surface area contributed by atoms with Crippen LogP contribution in [0.15, 0.2) is 57.9 Å². The van der Waals surface area contributed by atoms with Gasteiger partial charge < -0.3 is 11.1 Å². The zero-order chi connectivity index (χ0) is 15.2. The molecule has 0 saturated heterocycles. The van der Waals surface area contributed by atoms with Gasteiger partial charge in [-0.1, -0.05) is 22.9 Å². The predicted molar refractivity (Wildman–Crippen MR) is 93.6 cm³/mol. The second-order valence-electron chi connectivity index (χ2n) is 4.58. The summed E-state index contributed by atoms with van der Waals surface area (Å²) in [6.07, 6.45) is 0.761. The Kier molecular flexibility index (Phi) is 5.70. The summed E-state index contributed by atoms with van der Waals surface area (Å²) in [6.45, 7) is 2.01. The van der Waals surface area contributed by atoms with Gasteiger partial charge in [0.1, 0.15) is 0 Å². The Hall–Kier alpha value is -1.46. The molecule has 1 amide bonds. The van der Waals surface area contributed by atoms with Crippen molar-refractivity contribution in [3.8, 4) is 0 Å². The number of amides is 1. The fourth-order valence-electron chi connectivity index (χ4n) is 1.79. The van der Waals surface area contributed by atoms with Crippen LogP contribution in [-0.4, -0.2) is 11.2 Å². The summed E-state index contributed by atoms with van der Waals surface area (Å²) in [4.78, 5) is 13.4. The summed E-state index contributed by atoms with van der Waals surface area (Å²) in [7, 11) is 0. The van der Waals surface area contributed by atoms with Crippen LogP contribution in [0.4, 0.5) is 11.4 Å². The van der Waals surface area contributed by atoms with Crippen LogP contribution < -0.4 is 11.1 Å². The van der Waals surface area contributed by atoms with E-state index in [4.69, 9.17) is 5.73 Å². The van der Waals surface area contributed by atoms with Crippen LogP contribution in [0, 0.1) is 0 Å². The number of benzene rings is 2. The summed E-state index contributed by atoms with van der Waals surface area (Å²) in [5, 5.41) is 2.82. The largest absolute Gasteiger partial charge is 0.399 e. The third kappa shape index (κ3) is 4.79. The van der Waals surface area contributed by atoms with E-state index in [-0.39, 0.29) is 11.2 Å². The molecule has 1 atom stereocenters. The lowest BCUT2D eigenvalue weighted by molar-refractivity contribution is -0.115. The van der Waals surface area contributed by atoms with Crippen LogP contribution in [0.2, 0.25) is 0 Å². The van der Waals surface area contributed by atoms with Crippen LogP contribution in [0.3, 0.4) is 0 Å². The number of halogens is 1. The minimum atomic E-state index is -0.128. The summed E-state index contributed by atoms with van der Waals surface area (Å²) in [5.74, 6) is 0.0154. The average Bonchev–Trinajstić information content (AvgIpc) is 2.49. The maximum atomic E-state index is 12.3. The SMILES string of the molecule is CCC(Sc1ccc(N)cc1)C(=O)Nc1ccc(Br)cc1. The molecule has 1 unspecified atom stereocenters. The predicted octanol–water partition coefficient (Wildman–Crippen LogP) is 4.54. The van der Waals surface area contributed by atoms with Crippen molar-refractivity contribution in [3.63, 3.8) is 0 Å². The zero-order valence-corrected chi connectivity index (χ0v) is 14.1. The molecule has 2 rings (SSSR count). The first-order chi connectivity index (χ1) is 10.1. The van der Waals surface area contributed by atoms with Crippen molar-refractivity contribution in [2.24, 2.45) is 0 Å². The molecule has 0 aliphatic rings. The van der Waals surface area contributed by atoms with E-state index in [1.807, 2.05) is 55.5 Å². The Balaban J connectivity index is 2.01. The highest BCUT2D eigenvalue weighted by Crippen LogP contribution is 2.27. The Labute approximate surface area is 137 Å². The molecular formula is C16H17BrN2OS. The maximum Gasteiger partial charge on any atom is 0.237 e. The van der Waals surface area contributed by atoms with E-state index in [0.29, 0.717) is 0 Å². The van der Waals surface area contributed by atoms with Gasteiger partial charge in [-0.05, 0) is 55.0 Å². The van der Waals surface area contributed by atoms with E-state index in [9.17, 15) is 4.79 Å². The number of anilines is 2. The van der Waals surface area contributed by atoms with Gasteiger partial charge in [-0.25, -0.2) is 0 Å². The summed E-state index contributed by atoms with van der Waals surface area (Å²) in [5.41, 5.74) is 7.21. The van der Waals surface area contributed by atoms with Gasteiger partial charge in [0.25, 0.3) is 0 Å². The monoisotopic (exact) mass is 364 g/mol. The van der Waals surface area contributed by atoms with Crippen LogP contribution in [0.25, 0.3) is 0 Å². The van der Waals surface area contributed by atoms with E-state index in [1.54, 1.807) is 11.8 Å². The van der Waals surface area contributed by atoms with Crippen LogP contribution in [0.5, 0.6) is 0 Å². The number of nitrogens with two attached hydrogens (primary N) is 1. The van der Waals surface area contributed by atoms with Crippen LogP contribution in [0.1, 0.15) is 13.3 Å². The summed E-state index contributed by atoms with van der Waals surface area (Å²) < 4.78 is 0.990. The number of carbonyl (C=O) groups excluding carboxylic acids is 1. The normalized spacial score (nSPS) is 11.9. The van der Waals surface area contributed by atoms with Crippen LogP contribution >= 0.6 is 27.7 Å². The van der Waals surface area contributed by atoms with Gasteiger partial charge in [0.05, 0.1) is 5.25 Å². The van der Waals surface area contributed by atoms with E-state index in [0.717, 1.165) is 27.2 Å². The molecule has 110 valence electrons. The quantitative estimate of drug-likeness (QED) is 0.604. The average molecular weight is 365 g/mol. The van der Waals surface area contributed by atoms with Gasteiger partial charge in [-0.2, -0.15) is 0 Å². The summed E-state index contributed by atoms with van der Waals surface area (Å²) >= 11 is 4.93. The van der Waals surface area contributed by atoms with Gasteiger partial charge in [-0.15, -0.1) is 11.8 Å². The van der Waals surface area contributed by atoms with Gasteiger partial charge in [0, 0.05) is 20.7 Å². The molecule has 21 heavy (non-hydrogen) atoms. The molecule has 3 nitrogen and oxygen atoms in total. The molecule has 0 aromatic heterocycles. The van der Waals surface area contributed by atoms with Crippen molar-refractivity contribution in [3.05, 3.63) is 53.0 Å². The third-order valence-corrected chi connectivity index (χ3v) is 4.84. The fourth-order valence-corrected chi connectivity index (χ4v) is 3.01. The summed E-state index contributed by atoms with van der Waals surface area (Å²) in [6, 6.07) is 15.1. The highest BCUT2D eigenvalue weighted by Gasteiger charge is 2.17. The highest BCUT2D eigenvalue weighted by molar-refractivity contribution is 9.10. The van der Waals surface area contributed by atoms with Crippen molar-refractivity contribution in [2.45, 2.75) is 23.5 Å². The fraction of sp³-hybridized carbons (Fsp3) is 0.188. The smallest absolute Gasteiger partial charge is 0.237 e. The van der Waals surface area contributed by atoms with E-state index in [1.165, 1.54) is 0 Å². The molecule has 2 aromatic carbocycles. The molecule has 0 aliphatic carbocycles. The molecule has 3 N–H and O–H groups in total. The molecule has 5 heteroatoms. The van der Waals surface area contributed by atoms with E-state index >= 15 is 0 Å². The maximum absolute atomic E-state index is 12.3. The van der Waals surface area contributed by atoms with Gasteiger partial charge >= 0.3 is 0 Å². The van der Waals surface area contributed by atoms with Crippen molar-refractivity contribution < 1.29 is 4.79 Å². The van der Waals surface area contributed by atoms with Crippen molar-refractivity contribution >= 4 is 45.0 Å². The number of nitrogen functional groups attached to an aromatic ring is 1. The minimum absolute atomic E-state index is 0.0154. The molecule has 2 aromatic rings. The molecule has 0 saturated carbocycles. The van der Waals surface area contributed by atoms with Crippen molar-refractivity contribution in [2.75, 3.05) is 11.1 Å². The lowest BCUT2D eigenvalue weighted by Gasteiger charge is -2.15. The number of nitrogens with one attached hydrogen (secondary N) is 1. The third-order valence-electron chi connectivity index (χ3n) is 2.93. The first kappa shape index (κ1) is 15.9. The molecule has 0 aliphatic heterocycles. The zero-order valence-electron chi connectivity index (χ0n) is 11.7. The number of hydrogen-bond donors (Lipinski definition) is 2. The first-order valence-electron chi connectivity index (χ1n) is 6.67. The topological polar surface area (TPSA) is 55.1 Å². The highest BCUT2D eigenvalue weighted by atomic mass is 79.9. The molecule has 0 radical (unpaired) electrons. The van der Waals surface area contributed by atoms with Crippen molar-refractivity contribution in [1.29, 1.82) is 0 Å². The van der Waals surface area contributed by atoms with E-state index < -0.39 is 0 Å². The Morgan fingerprint density at radius 3 is 2.38 bits per heavy atom. The second kappa shape index (κ2) is 7.52. The van der Waals surface area contributed by atoms with Gasteiger partial charge in [-0.3, -0.25) is 4.79 Å². The number of carbonyl (C=O) groups is 1. The molecule has 0 bridgehead atoms. The Bertz CT molecular complexity index is 599.